The lowest BCUT2D eigenvalue weighted by molar-refractivity contribution is -0.126. The van der Waals surface area contributed by atoms with Crippen molar-refractivity contribution in [3.8, 4) is 5.75 Å². The molecule has 3 rings (SSSR count). The minimum atomic E-state index is -2.95. The van der Waals surface area contributed by atoms with E-state index in [0.717, 1.165) is 0 Å². The molecule has 2 heterocycles. The number of thiazole rings is 1. The number of carbonyl (C=O) groups excluding carboxylic acids is 3. The molecule has 1 saturated heterocycles. The monoisotopic (exact) mass is 424 g/mol. The smallest absolute Gasteiger partial charge is 0.387 e. The van der Waals surface area contributed by atoms with Crippen LogP contribution in [0.1, 0.15) is 18.5 Å². The van der Waals surface area contributed by atoms with E-state index in [-0.39, 0.29) is 29.9 Å². The maximum absolute atomic E-state index is 12.3. The third kappa shape index (κ3) is 6.21. The van der Waals surface area contributed by atoms with Gasteiger partial charge in [0.2, 0.25) is 17.7 Å². The van der Waals surface area contributed by atoms with Gasteiger partial charge >= 0.3 is 6.61 Å². The molecule has 2 aromatic rings. The van der Waals surface area contributed by atoms with Crippen LogP contribution in [-0.4, -0.2) is 35.9 Å². The lowest BCUT2D eigenvalue weighted by atomic mass is 9.98. The van der Waals surface area contributed by atoms with Crippen LogP contribution in [0, 0.1) is 5.92 Å². The average Bonchev–Trinajstić information content (AvgIpc) is 3.08. The zero-order chi connectivity index (χ0) is 20.8. The quantitative estimate of drug-likeness (QED) is 0.632. The Balaban J connectivity index is 1.51. The summed E-state index contributed by atoms with van der Waals surface area (Å²) in [6, 6.07) is 5.68. The van der Waals surface area contributed by atoms with Gasteiger partial charge in [-0.1, -0.05) is 6.07 Å². The molecule has 3 N–H and O–H groups in total. The Morgan fingerprint density at radius 1 is 1.34 bits per heavy atom. The van der Waals surface area contributed by atoms with E-state index in [0.29, 0.717) is 35.9 Å². The second kappa shape index (κ2) is 9.41. The van der Waals surface area contributed by atoms with E-state index in [1.807, 2.05) is 0 Å². The second-order valence-corrected chi connectivity index (χ2v) is 7.16. The fourth-order valence-electron chi connectivity index (χ4n) is 2.73. The third-order valence-electron chi connectivity index (χ3n) is 4.10. The van der Waals surface area contributed by atoms with Crippen molar-refractivity contribution in [2.75, 3.05) is 17.2 Å². The molecule has 154 valence electrons. The highest BCUT2D eigenvalue weighted by Crippen LogP contribution is 2.21. The molecule has 29 heavy (non-hydrogen) atoms. The van der Waals surface area contributed by atoms with Gasteiger partial charge < -0.3 is 20.7 Å². The minimum absolute atomic E-state index is 0.0498. The Hall–Kier alpha value is -3.08. The average molecular weight is 424 g/mol. The van der Waals surface area contributed by atoms with Crippen LogP contribution < -0.4 is 20.7 Å². The molecule has 0 spiro atoms. The van der Waals surface area contributed by atoms with E-state index in [4.69, 9.17) is 0 Å². The highest BCUT2D eigenvalue weighted by atomic mass is 32.1. The summed E-state index contributed by atoms with van der Waals surface area (Å²) in [6.45, 7) is -2.66. The number of benzene rings is 1. The number of nitrogens with one attached hydrogen (secondary N) is 3. The molecular weight excluding hydrogens is 406 g/mol. The van der Waals surface area contributed by atoms with Crippen molar-refractivity contribution < 1.29 is 27.9 Å². The first-order valence-corrected chi connectivity index (χ1v) is 9.63. The molecule has 1 aromatic heterocycles. The van der Waals surface area contributed by atoms with Crippen LogP contribution in [0.25, 0.3) is 0 Å². The van der Waals surface area contributed by atoms with Crippen LogP contribution >= 0.6 is 11.3 Å². The van der Waals surface area contributed by atoms with Crippen molar-refractivity contribution in [2.45, 2.75) is 25.9 Å². The number of nitrogens with zero attached hydrogens (tertiary/aromatic N) is 1. The fraction of sp³-hybridized carbons (Fsp3) is 0.333. The van der Waals surface area contributed by atoms with Crippen LogP contribution in [0.3, 0.4) is 0 Å². The van der Waals surface area contributed by atoms with Gasteiger partial charge in [-0.3, -0.25) is 14.4 Å². The summed E-state index contributed by atoms with van der Waals surface area (Å²) in [5.74, 6) is -1.06. The van der Waals surface area contributed by atoms with Crippen molar-refractivity contribution in [1.82, 2.24) is 10.3 Å². The predicted molar refractivity (Wildman–Crippen MR) is 102 cm³/mol. The summed E-state index contributed by atoms with van der Waals surface area (Å²) in [5.41, 5.74) is 0.774. The molecule has 0 bridgehead atoms. The van der Waals surface area contributed by atoms with Crippen LogP contribution in [0.4, 0.5) is 19.6 Å². The third-order valence-corrected chi connectivity index (χ3v) is 4.91. The van der Waals surface area contributed by atoms with Gasteiger partial charge in [-0.15, -0.1) is 11.3 Å². The Bertz CT molecular complexity index is 895. The molecule has 1 atom stereocenters. The normalized spacial score (nSPS) is 16.2. The Morgan fingerprint density at radius 2 is 2.17 bits per heavy atom. The maximum Gasteiger partial charge on any atom is 0.387 e. The molecule has 8 nitrogen and oxygen atoms in total. The first-order chi connectivity index (χ1) is 13.9. The predicted octanol–water partition coefficient (Wildman–Crippen LogP) is 2.39. The lowest BCUT2D eigenvalue weighted by Crippen LogP contribution is -2.40. The number of halogens is 2. The molecule has 1 aromatic carbocycles. The van der Waals surface area contributed by atoms with Gasteiger partial charge in [-0.05, 0) is 18.6 Å². The Labute approximate surface area is 168 Å². The second-order valence-electron chi connectivity index (χ2n) is 6.30. The highest BCUT2D eigenvalue weighted by molar-refractivity contribution is 7.13. The number of alkyl halides is 2. The van der Waals surface area contributed by atoms with Crippen LogP contribution in [0.15, 0.2) is 29.6 Å². The van der Waals surface area contributed by atoms with E-state index in [2.05, 4.69) is 25.7 Å². The van der Waals surface area contributed by atoms with Crippen molar-refractivity contribution in [1.29, 1.82) is 0 Å². The van der Waals surface area contributed by atoms with E-state index in [1.54, 1.807) is 11.4 Å². The van der Waals surface area contributed by atoms with Crippen LogP contribution in [0.2, 0.25) is 0 Å². The number of carbonyl (C=O) groups is 3. The number of hydrogen-bond acceptors (Lipinski definition) is 6. The first kappa shape index (κ1) is 20.6. The molecule has 0 saturated carbocycles. The maximum atomic E-state index is 12.3. The zero-order valence-electron chi connectivity index (χ0n) is 15.1. The Kier molecular flexibility index (Phi) is 6.70. The number of ether oxygens (including phenoxy) is 1. The Morgan fingerprint density at radius 3 is 2.90 bits per heavy atom. The topological polar surface area (TPSA) is 109 Å². The molecule has 11 heteroatoms. The zero-order valence-corrected chi connectivity index (χ0v) is 15.9. The van der Waals surface area contributed by atoms with Gasteiger partial charge in [0.05, 0.1) is 18.0 Å². The largest absolute Gasteiger partial charge is 0.435 e. The summed E-state index contributed by atoms with van der Waals surface area (Å²) in [6.07, 6.45) is 0.739. The number of amides is 3. The van der Waals surface area contributed by atoms with E-state index < -0.39 is 12.5 Å². The molecule has 0 aliphatic carbocycles. The number of rotatable bonds is 7. The summed E-state index contributed by atoms with van der Waals surface area (Å²) < 4.78 is 28.8. The molecule has 0 radical (unpaired) electrons. The summed E-state index contributed by atoms with van der Waals surface area (Å²) in [4.78, 5) is 39.8. The molecule has 1 fully saturated rings. The van der Waals surface area contributed by atoms with Gasteiger partial charge in [-0.2, -0.15) is 8.78 Å². The van der Waals surface area contributed by atoms with Crippen LogP contribution in [-0.2, 0) is 20.8 Å². The molecule has 3 amide bonds. The van der Waals surface area contributed by atoms with Gasteiger partial charge in [0.25, 0.3) is 0 Å². The minimum Gasteiger partial charge on any atom is -0.435 e. The van der Waals surface area contributed by atoms with E-state index >= 15 is 0 Å². The van der Waals surface area contributed by atoms with Gasteiger partial charge in [-0.25, -0.2) is 4.98 Å². The lowest BCUT2D eigenvalue weighted by Gasteiger charge is -2.20. The SMILES string of the molecule is O=C1CCC(C(=O)Nc2nc(CC(=O)Nc3cccc(OC(F)F)c3)cs2)CN1. The molecule has 1 unspecified atom stereocenters. The van der Waals surface area contributed by atoms with Crippen molar-refractivity contribution >= 4 is 39.9 Å². The number of hydrogen-bond donors (Lipinski definition) is 3. The standard InChI is InChI=1S/C18H18F2N4O4S/c19-17(20)28-13-3-1-2-11(6-13)22-15(26)7-12-9-29-18(23-12)24-16(27)10-4-5-14(25)21-8-10/h1-3,6,9-10,17H,4-5,7-8H2,(H,21,25)(H,22,26)(H,23,24,27). The van der Waals surface area contributed by atoms with E-state index in [1.165, 1.54) is 29.5 Å². The van der Waals surface area contributed by atoms with Gasteiger partial charge in [0.15, 0.2) is 5.13 Å². The fourth-order valence-corrected chi connectivity index (χ4v) is 3.44. The number of piperidine rings is 1. The van der Waals surface area contributed by atoms with E-state index in [9.17, 15) is 23.2 Å². The number of anilines is 2. The summed E-state index contributed by atoms with van der Waals surface area (Å²) >= 11 is 1.19. The first-order valence-electron chi connectivity index (χ1n) is 8.76. The molecule has 1 aliphatic rings. The van der Waals surface area contributed by atoms with Crippen molar-refractivity contribution in [3.63, 3.8) is 0 Å². The van der Waals surface area contributed by atoms with Crippen LogP contribution in [0.5, 0.6) is 5.75 Å². The summed E-state index contributed by atoms with van der Waals surface area (Å²) in [7, 11) is 0. The van der Waals surface area contributed by atoms with Gasteiger partial charge in [0.1, 0.15) is 5.75 Å². The highest BCUT2D eigenvalue weighted by Gasteiger charge is 2.25. The van der Waals surface area contributed by atoms with Crippen molar-refractivity contribution in [2.24, 2.45) is 5.92 Å². The van der Waals surface area contributed by atoms with Gasteiger partial charge in [0, 0.05) is 30.1 Å². The van der Waals surface area contributed by atoms with Crippen molar-refractivity contribution in [3.05, 3.63) is 35.3 Å². The molecule has 1 aliphatic heterocycles. The summed E-state index contributed by atoms with van der Waals surface area (Å²) in [5, 5.41) is 9.93. The number of aromatic nitrogens is 1. The molecular formula is C18H18F2N4O4S.